The third kappa shape index (κ3) is 2.99. The molecule has 0 saturated heterocycles. The fourth-order valence-electron chi connectivity index (χ4n) is 3.96. The molecule has 29 heavy (non-hydrogen) atoms. The third-order valence-electron chi connectivity index (χ3n) is 5.15. The Morgan fingerprint density at radius 2 is 1.72 bits per heavy atom. The Hall–Kier alpha value is -3.78. The van der Waals surface area contributed by atoms with Crippen LogP contribution in [0.25, 0.3) is 21.5 Å². The zero-order valence-electron chi connectivity index (χ0n) is 16.1. The van der Waals surface area contributed by atoms with Crippen LogP contribution in [0.15, 0.2) is 77.4 Å². The van der Waals surface area contributed by atoms with Gasteiger partial charge in [0, 0.05) is 0 Å². The molecule has 3 aromatic rings. The number of allylic oxidation sites excluding steroid dienone is 2. The van der Waals surface area contributed by atoms with Crippen LogP contribution in [0.1, 0.15) is 25.3 Å². The summed E-state index contributed by atoms with van der Waals surface area (Å²) < 4.78 is 10.6. The Labute approximate surface area is 168 Å². The van der Waals surface area contributed by atoms with Crippen LogP contribution in [-0.2, 0) is 14.3 Å². The highest BCUT2D eigenvalue weighted by atomic mass is 16.6. The van der Waals surface area contributed by atoms with Crippen molar-refractivity contribution in [1.82, 2.24) is 0 Å². The number of aliphatic hydroxyl groups excluding tert-OH is 1. The molecule has 3 aromatic carbocycles. The van der Waals surface area contributed by atoms with Gasteiger partial charge in [0.15, 0.2) is 0 Å². The van der Waals surface area contributed by atoms with E-state index < -0.39 is 17.8 Å². The quantitative estimate of drug-likeness (QED) is 0.493. The first kappa shape index (κ1) is 18.6. The van der Waals surface area contributed by atoms with Gasteiger partial charge in [-0.1, -0.05) is 48.5 Å². The van der Waals surface area contributed by atoms with E-state index in [1.165, 1.54) is 0 Å². The molecule has 4 rings (SSSR count). The van der Waals surface area contributed by atoms with Gasteiger partial charge >= 0.3 is 5.97 Å². The van der Waals surface area contributed by atoms with Crippen LogP contribution in [0.5, 0.6) is 0 Å². The van der Waals surface area contributed by atoms with Crippen LogP contribution in [-0.4, -0.2) is 17.7 Å². The lowest BCUT2D eigenvalue weighted by atomic mass is 9.79. The van der Waals surface area contributed by atoms with Crippen LogP contribution in [0.4, 0.5) is 0 Å². The van der Waals surface area contributed by atoms with E-state index in [0.717, 1.165) is 27.1 Å². The Balaban J connectivity index is 2.13. The highest BCUT2D eigenvalue weighted by Crippen LogP contribution is 2.45. The van der Waals surface area contributed by atoms with Crippen molar-refractivity contribution in [2.75, 3.05) is 6.61 Å². The molecule has 0 saturated carbocycles. The largest absolute Gasteiger partial charge is 0.480 e. The van der Waals surface area contributed by atoms with Crippen LogP contribution in [0.2, 0.25) is 0 Å². The number of benzene rings is 3. The molecule has 1 atom stereocenters. The topological polar surface area (TPSA) is 79.6 Å². The second-order valence-corrected chi connectivity index (χ2v) is 6.79. The summed E-state index contributed by atoms with van der Waals surface area (Å²) in [5, 5.41) is 24.0. The van der Waals surface area contributed by atoms with Crippen molar-refractivity contribution in [2.45, 2.75) is 19.8 Å². The summed E-state index contributed by atoms with van der Waals surface area (Å²) in [5.74, 6) is -1.63. The molecular formula is C24H19NO4. The van der Waals surface area contributed by atoms with E-state index in [2.05, 4.69) is 6.07 Å². The third-order valence-corrected chi connectivity index (χ3v) is 5.15. The molecule has 1 heterocycles. The number of nitrogens with zero attached hydrogens (tertiary/aromatic N) is 1. The van der Waals surface area contributed by atoms with Crippen LogP contribution in [0.3, 0.4) is 0 Å². The summed E-state index contributed by atoms with van der Waals surface area (Å²) in [5.41, 5.74) is 0.982. The lowest BCUT2D eigenvalue weighted by Crippen LogP contribution is -2.23. The molecule has 0 fully saturated rings. The second-order valence-electron chi connectivity index (χ2n) is 6.79. The number of fused-ring (bicyclic) bond motifs is 2. The number of esters is 1. The summed E-state index contributed by atoms with van der Waals surface area (Å²) in [4.78, 5) is 12.9. The summed E-state index contributed by atoms with van der Waals surface area (Å²) >= 11 is 0. The van der Waals surface area contributed by atoms with Crippen LogP contribution >= 0.6 is 0 Å². The standard InChI is InChI=1S/C24H19NO4/c1-3-28-24(27)20-14(2)29-23(26)19(13-25)22(20)21-17-10-6-4-8-15(17)12-16-9-5-7-11-18(16)21/h4-12,22,26H,3H2,1-2H3/t22-/m1/s1. The highest BCUT2D eigenvalue weighted by Gasteiger charge is 2.38. The van der Waals surface area contributed by atoms with Gasteiger partial charge < -0.3 is 14.6 Å². The molecule has 144 valence electrons. The van der Waals surface area contributed by atoms with Gasteiger partial charge in [-0.2, -0.15) is 5.26 Å². The van der Waals surface area contributed by atoms with Crippen molar-refractivity contribution >= 4 is 27.5 Å². The van der Waals surface area contributed by atoms with Gasteiger partial charge in [-0.25, -0.2) is 4.79 Å². The number of nitriles is 1. The predicted molar refractivity (Wildman–Crippen MR) is 110 cm³/mol. The molecule has 1 aliphatic rings. The molecule has 0 amide bonds. The Bertz CT molecular complexity index is 1190. The minimum absolute atomic E-state index is 0.0137. The van der Waals surface area contributed by atoms with Crippen molar-refractivity contribution < 1.29 is 19.4 Å². The fraction of sp³-hybridized carbons (Fsp3) is 0.167. The van der Waals surface area contributed by atoms with E-state index in [1.807, 2.05) is 54.6 Å². The molecule has 0 radical (unpaired) electrons. The molecule has 0 spiro atoms. The summed E-state index contributed by atoms with van der Waals surface area (Å²) in [6.45, 7) is 3.51. The number of aliphatic hydroxyl groups is 1. The molecule has 1 aliphatic heterocycles. The number of ether oxygens (including phenoxy) is 2. The Kier molecular flexibility index (Phi) is 4.69. The maximum absolute atomic E-state index is 12.9. The SMILES string of the molecule is CCOC(=O)C1=C(C)OC(O)=C(C#N)[C@H]1c1c2ccccc2cc2ccccc12. The first-order chi connectivity index (χ1) is 14.1. The van der Waals surface area contributed by atoms with E-state index in [-0.39, 0.29) is 23.5 Å². The van der Waals surface area contributed by atoms with Gasteiger partial charge in [0.25, 0.3) is 5.95 Å². The first-order valence-electron chi connectivity index (χ1n) is 9.36. The van der Waals surface area contributed by atoms with E-state index in [1.54, 1.807) is 13.8 Å². The van der Waals surface area contributed by atoms with E-state index in [0.29, 0.717) is 0 Å². The maximum Gasteiger partial charge on any atom is 0.338 e. The smallest absolute Gasteiger partial charge is 0.338 e. The van der Waals surface area contributed by atoms with Crippen LogP contribution < -0.4 is 0 Å². The Morgan fingerprint density at radius 1 is 1.14 bits per heavy atom. The first-order valence-corrected chi connectivity index (χ1v) is 9.36. The summed E-state index contributed by atoms with van der Waals surface area (Å²) in [6, 6.07) is 19.7. The number of hydrogen-bond donors (Lipinski definition) is 1. The molecule has 0 bridgehead atoms. The van der Waals surface area contributed by atoms with E-state index in [4.69, 9.17) is 9.47 Å². The van der Waals surface area contributed by atoms with Crippen molar-refractivity contribution in [3.8, 4) is 6.07 Å². The average Bonchev–Trinajstić information content (AvgIpc) is 2.71. The lowest BCUT2D eigenvalue weighted by Gasteiger charge is -2.28. The second kappa shape index (κ2) is 7.33. The normalized spacial score (nSPS) is 16.7. The van der Waals surface area contributed by atoms with Gasteiger partial charge in [0.05, 0.1) is 18.1 Å². The van der Waals surface area contributed by atoms with Crippen LogP contribution in [0, 0.1) is 11.3 Å². The van der Waals surface area contributed by atoms with Gasteiger partial charge in [-0.15, -0.1) is 0 Å². The highest BCUT2D eigenvalue weighted by molar-refractivity contribution is 6.05. The summed E-state index contributed by atoms with van der Waals surface area (Å²) in [6.07, 6.45) is 0. The van der Waals surface area contributed by atoms with Gasteiger partial charge in [-0.05, 0) is 47.0 Å². The molecule has 0 aromatic heterocycles. The zero-order valence-corrected chi connectivity index (χ0v) is 16.1. The van der Waals surface area contributed by atoms with Crippen molar-refractivity contribution in [3.05, 3.63) is 83.0 Å². The minimum atomic E-state index is -0.802. The zero-order chi connectivity index (χ0) is 20.5. The molecule has 0 aliphatic carbocycles. The van der Waals surface area contributed by atoms with E-state index >= 15 is 0 Å². The van der Waals surface area contributed by atoms with Gasteiger partial charge in [0.1, 0.15) is 17.4 Å². The molecule has 0 unspecified atom stereocenters. The van der Waals surface area contributed by atoms with Crippen molar-refractivity contribution in [1.29, 1.82) is 5.26 Å². The monoisotopic (exact) mass is 385 g/mol. The van der Waals surface area contributed by atoms with Gasteiger partial charge in [0.2, 0.25) is 0 Å². The lowest BCUT2D eigenvalue weighted by molar-refractivity contribution is -0.139. The van der Waals surface area contributed by atoms with Crippen molar-refractivity contribution in [3.63, 3.8) is 0 Å². The maximum atomic E-state index is 12.9. The molecule has 5 nitrogen and oxygen atoms in total. The Morgan fingerprint density at radius 3 is 2.28 bits per heavy atom. The number of hydrogen-bond acceptors (Lipinski definition) is 5. The van der Waals surface area contributed by atoms with Crippen molar-refractivity contribution in [2.24, 2.45) is 0 Å². The van der Waals surface area contributed by atoms with E-state index in [9.17, 15) is 15.2 Å². The fourth-order valence-corrected chi connectivity index (χ4v) is 3.96. The van der Waals surface area contributed by atoms with Gasteiger partial charge in [-0.3, -0.25) is 0 Å². The predicted octanol–water partition coefficient (Wildman–Crippen LogP) is 5.24. The molecular weight excluding hydrogens is 366 g/mol. The molecule has 1 N–H and O–H groups in total. The number of rotatable bonds is 3. The minimum Gasteiger partial charge on any atom is -0.480 e. The summed E-state index contributed by atoms with van der Waals surface area (Å²) in [7, 11) is 0. The number of carbonyl (C=O) groups excluding carboxylic acids is 1. The molecule has 5 heteroatoms. The average molecular weight is 385 g/mol. The number of carbonyl (C=O) groups is 1.